The lowest BCUT2D eigenvalue weighted by atomic mass is 9.96. The van der Waals surface area contributed by atoms with Gasteiger partial charge in [-0.25, -0.2) is 4.39 Å². The van der Waals surface area contributed by atoms with E-state index < -0.39 is 0 Å². The lowest BCUT2D eigenvalue weighted by molar-refractivity contribution is 0.484. The molecule has 70 valence electrons. The fraction of sp³-hybridized carbons (Fsp3) is 0.400. The van der Waals surface area contributed by atoms with Crippen molar-refractivity contribution >= 4 is 0 Å². The summed E-state index contributed by atoms with van der Waals surface area (Å²) in [6.45, 7) is 1.41. The number of halogens is 1. The molecule has 0 fully saturated rings. The van der Waals surface area contributed by atoms with E-state index in [1.165, 1.54) is 11.6 Å². The van der Waals surface area contributed by atoms with Gasteiger partial charge in [0, 0.05) is 19.1 Å². The molecule has 0 aliphatic carbocycles. The fourth-order valence-corrected chi connectivity index (χ4v) is 1.72. The summed E-state index contributed by atoms with van der Waals surface area (Å²) in [5.74, 6) is -0.156. The van der Waals surface area contributed by atoms with Gasteiger partial charge in [-0.15, -0.1) is 0 Å². The molecule has 1 aromatic carbocycles. The van der Waals surface area contributed by atoms with Gasteiger partial charge in [0.1, 0.15) is 5.82 Å². The maximum absolute atomic E-state index is 12.9. The number of nitrogens with one attached hydrogen (secondary N) is 1. The van der Waals surface area contributed by atoms with Crippen LogP contribution >= 0.6 is 0 Å². The van der Waals surface area contributed by atoms with Gasteiger partial charge in [-0.2, -0.15) is 0 Å². The molecule has 1 atom stereocenters. The van der Waals surface area contributed by atoms with Crippen molar-refractivity contribution in [1.29, 1.82) is 0 Å². The molecule has 1 aromatic rings. The van der Waals surface area contributed by atoms with Gasteiger partial charge in [0.05, 0.1) is 0 Å². The van der Waals surface area contributed by atoms with Crippen molar-refractivity contribution in [3.63, 3.8) is 0 Å². The molecule has 1 heterocycles. The van der Waals surface area contributed by atoms with Crippen molar-refractivity contribution < 1.29 is 4.39 Å². The maximum Gasteiger partial charge on any atom is 0.123 e. The van der Waals surface area contributed by atoms with Crippen LogP contribution in [0.4, 0.5) is 4.39 Å². The van der Waals surface area contributed by atoms with Crippen LogP contribution in [0.5, 0.6) is 0 Å². The maximum atomic E-state index is 12.9. The number of nitrogens with two attached hydrogens (primary N) is 1. The first-order chi connectivity index (χ1) is 6.29. The van der Waals surface area contributed by atoms with Crippen LogP contribution in [-0.2, 0) is 13.0 Å². The van der Waals surface area contributed by atoms with Gasteiger partial charge in [-0.1, -0.05) is 6.07 Å². The Morgan fingerprint density at radius 2 is 2.31 bits per heavy atom. The number of rotatable bonds is 1. The van der Waals surface area contributed by atoms with E-state index in [0.717, 1.165) is 18.5 Å². The second kappa shape index (κ2) is 3.44. The average molecular weight is 180 g/mol. The van der Waals surface area contributed by atoms with Crippen molar-refractivity contribution in [2.75, 3.05) is 6.54 Å². The van der Waals surface area contributed by atoms with E-state index in [1.807, 2.05) is 6.07 Å². The van der Waals surface area contributed by atoms with Crippen molar-refractivity contribution in [2.45, 2.75) is 19.0 Å². The third kappa shape index (κ3) is 1.71. The van der Waals surface area contributed by atoms with E-state index >= 15 is 0 Å². The van der Waals surface area contributed by atoms with Gasteiger partial charge in [-0.05, 0) is 29.7 Å². The van der Waals surface area contributed by atoms with E-state index in [9.17, 15) is 4.39 Å². The molecule has 1 aliphatic rings. The number of benzene rings is 1. The SMILES string of the molecule is NCC1Cc2cc(F)ccc2CN1. The summed E-state index contributed by atoms with van der Waals surface area (Å²) in [7, 11) is 0. The highest BCUT2D eigenvalue weighted by Gasteiger charge is 2.16. The molecule has 0 saturated heterocycles. The molecule has 3 N–H and O–H groups in total. The summed E-state index contributed by atoms with van der Waals surface area (Å²) in [5.41, 5.74) is 7.82. The Balaban J connectivity index is 2.27. The predicted octanol–water partition coefficient (Wildman–Crippen LogP) is 0.799. The van der Waals surface area contributed by atoms with Crippen LogP contribution in [0.3, 0.4) is 0 Å². The van der Waals surface area contributed by atoms with Gasteiger partial charge < -0.3 is 11.1 Å². The van der Waals surface area contributed by atoms with E-state index in [2.05, 4.69) is 5.32 Å². The molecule has 0 bridgehead atoms. The Morgan fingerprint density at radius 3 is 3.08 bits per heavy atom. The van der Waals surface area contributed by atoms with Crippen LogP contribution in [0.2, 0.25) is 0 Å². The Hall–Kier alpha value is -0.930. The van der Waals surface area contributed by atoms with Crippen LogP contribution in [0.15, 0.2) is 18.2 Å². The van der Waals surface area contributed by atoms with Crippen molar-refractivity contribution in [2.24, 2.45) is 5.73 Å². The highest BCUT2D eigenvalue weighted by Crippen LogP contribution is 2.17. The Bertz CT molecular complexity index is 312. The molecule has 0 radical (unpaired) electrons. The Labute approximate surface area is 76.9 Å². The summed E-state index contributed by atoms with van der Waals surface area (Å²) in [6.07, 6.45) is 0.837. The Morgan fingerprint density at radius 1 is 1.46 bits per heavy atom. The summed E-state index contributed by atoms with van der Waals surface area (Å²) >= 11 is 0. The zero-order valence-electron chi connectivity index (χ0n) is 7.39. The fourth-order valence-electron chi connectivity index (χ4n) is 1.72. The molecule has 0 aromatic heterocycles. The first-order valence-electron chi connectivity index (χ1n) is 4.50. The molecule has 1 unspecified atom stereocenters. The van der Waals surface area contributed by atoms with Crippen molar-refractivity contribution in [3.05, 3.63) is 35.1 Å². The molecule has 13 heavy (non-hydrogen) atoms. The molecular weight excluding hydrogens is 167 g/mol. The highest BCUT2D eigenvalue weighted by molar-refractivity contribution is 5.30. The summed E-state index contributed by atoms with van der Waals surface area (Å²) in [6, 6.07) is 5.25. The van der Waals surface area contributed by atoms with Gasteiger partial charge in [-0.3, -0.25) is 0 Å². The van der Waals surface area contributed by atoms with E-state index in [0.29, 0.717) is 12.6 Å². The highest BCUT2D eigenvalue weighted by atomic mass is 19.1. The lowest BCUT2D eigenvalue weighted by Gasteiger charge is -2.24. The first-order valence-corrected chi connectivity index (χ1v) is 4.50. The first kappa shape index (κ1) is 8.66. The smallest absolute Gasteiger partial charge is 0.123 e. The molecule has 0 spiro atoms. The Kier molecular flexibility index (Phi) is 2.29. The molecule has 0 amide bonds. The minimum absolute atomic E-state index is 0.156. The third-order valence-electron chi connectivity index (χ3n) is 2.50. The number of hydrogen-bond acceptors (Lipinski definition) is 2. The minimum Gasteiger partial charge on any atom is -0.329 e. The summed E-state index contributed by atoms with van der Waals surface area (Å²) < 4.78 is 12.9. The van der Waals surface area contributed by atoms with Crippen molar-refractivity contribution in [1.82, 2.24) is 5.32 Å². The minimum atomic E-state index is -0.156. The van der Waals surface area contributed by atoms with Crippen LogP contribution in [0.25, 0.3) is 0 Å². The lowest BCUT2D eigenvalue weighted by Crippen LogP contribution is -2.40. The zero-order chi connectivity index (χ0) is 9.26. The predicted molar refractivity (Wildman–Crippen MR) is 49.8 cm³/mol. The second-order valence-corrected chi connectivity index (χ2v) is 3.43. The van der Waals surface area contributed by atoms with Crippen LogP contribution < -0.4 is 11.1 Å². The standard InChI is InChI=1S/C10H13FN2/c11-9-2-1-7-6-13-10(5-12)4-8(7)3-9/h1-3,10,13H,4-6,12H2. The molecule has 0 saturated carbocycles. The molecule has 2 nitrogen and oxygen atoms in total. The van der Waals surface area contributed by atoms with Gasteiger partial charge in [0.2, 0.25) is 0 Å². The molecule has 3 heteroatoms. The van der Waals surface area contributed by atoms with Gasteiger partial charge in [0.25, 0.3) is 0 Å². The topological polar surface area (TPSA) is 38.0 Å². The zero-order valence-corrected chi connectivity index (χ0v) is 7.39. The normalized spacial score (nSPS) is 21.2. The molecule has 2 rings (SSSR count). The monoisotopic (exact) mass is 180 g/mol. The summed E-state index contributed by atoms with van der Waals surface area (Å²) in [4.78, 5) is 0. The van der Waals surface area contributed by atoms with Gasteiger partial charge >= 0.3 is 0 Å². The van der Waals surface area contributed by atoms with E-state index in [4.69, 9.17) is 5.73 Å². The quantitative estimate of drug-likeness (QED) is 0.671. The third-order valence-corrected chi connectivity index (χ3v) is 2.50. The number of fused-ring (bicyclic) bond motifs is 1. The summed E-state index contributed by atoms with van der Waals surface area (Å²) in [5, 5.41) is 3.30. The second-order valence-electron chi connectivity index (χ2n) is 3.43. The van der Waals surface area contributed by atoms with Crippen LogP contribution in [-0.4, -0.2) is 12.6 Å². The van der Waals surface area contributed by atoms with Crippen LogP contribution in [0.1, 0.15) is 11.1 Å². The van der Waals surface area contributed by atoms with Crippen molar-refractivity contribution in [3.8, 4) is 0 Å². The van der Waals surface area contributed by atoms with Crippen LogP contribution in [0, 0.1) is 5.82 Å². The van der Waals surface area contributed by atoms with E-state index in [-0.39, 0.29) is 5.82 Å². The largest absolute Gasteiger partial charge is 0.329 e. The average Bonchev–Trinajstić information content (AvgIpc) is 2.16. The number of hydrogen-bond donors (Lipinski definition) is 2. The molecular formula is C10H13FN2. The van der Waals surface area contributed by atoms with E-state index in [1.54, 1.807) is 6.07 Å². The van der Waals surface area contributed by atoms with Gasteiger partial charge in [0.15, 0.2) is 0 Å². The molecule has 1 aliphatic heterocycles.